The summed E-state index contributed by atoms with van der Waals surface area (Å²) in [5.41, 5.74) is 4.12. The fourth-order valence-corrected chi connectivity index (χ4v) is 2.56. The number of benzene rings is 1. The van der Waals surface area contributed by atoms with Gasteiger partial charge in [0, 0.05) is 11.6 Å². The van der Waals surface area contributed by atoms with Gasteiger partial charge in [-0.05, 0) is 37.3 Å². The van der Waals surface area contributed by atoms with Gasteiger partial charge in [0.25, 0.3) is 0 Å². The average molecular weight is 336 g/mol. The summed E-state index contributed by atoms with van der Waals surface area (Å²) in [5, 5.41) is 7.41. The maximum atomic E-state index is 5.45. The van der Waals surface area contributed by atoms with Crippen LogP contribution in [0.1, 0.15) is 18.3 Å². The predicted molar refractivity (Wildman–Crippen MR) is 99.5 cm³/mol. The van der Waals surface area contributed by atoms with Gasteiger partial charge in [-0.3, -0.25) is 5.10 Å². The highest BCUT2D eigenvalue weighted by atomic mass is 16.5. The van der Waals surface area contributed by atoms with E-state index in [1.54, 1.807) is 20.3 Å². The fourth-order valence-electron chi connectivity index (χ4n) is 2.56. The van der Waals surface area contributed by atoms with Crippen molar-refractivity contribution in [3.05, 3.63) is 48.3 Å². The first-order valence-electron chi connectivity index (χ1n) is 7.83. The van der Waals surface area contributed by atoms with Crippen molar-refractivity contribution in [2.75, 3.05) is 14.2 Å². The maximum absolute atomic E-state index is 5.45. The number of nitrogens with one attached hydrogen (secondary N) is 2. The van der Waals surface area contributed by atoms with Gasteiger partial charge >= 0.3 is 0 Å². The van der Waals surface area contributed by atoms with Crippen LogP contribution in [0, 0.1) is 0 Å². The Hall–Kier alpha value is -3.28. The number of ether oxygens (including phenoxy) is 2. The number of allylic oxidation sites excluding steroid dienone is 1. The van der Waals surface area contributed by atoms with E-state index < -0.39 is 0 Å². The Kier molecular flexibility index (Phi) is 4.70. The van der Waals surface area contributed by atoms with Crippen molar-refractivity contribution in [2.45, 2.75) is 6.92 Å². The lowest BCUT2D eigenvalue weighted by Gasteiger charge is -2.08. The lowest BCUT2D eigenvalue weighted by atomic mass is 10.1. The van der Waals surface area contributed by atoms with Gasteiger partial charge in [-0.15, -0.1) is 0 Å². The van der Waals surface area contributed by atoms with Gasteiger partial charge in [-0.2, -0.15) is 5.10 Å². The topological polar surface area (TPSA) is 75.8 Å². The van der Waals surface area contributed by atoms with Crippen LogP contribution in [-0.2, 0) is 0 Å². The number of methoxy groups -OCH3 is 2. The van der Waals surface area contributed by atoms with E-state index in [1.807, 2.05) is 43.3 Å². The van der Waals surface area contributed by atoms with Crippen LogP contribution < -0.4 is 9.47 Å². The molecular weight excluding hydrogens is 316 g/mol. The van der Waals surface area contributed by atoms with Crippen molar-refractivity contribution in [3.8, 4) is 34.3 Å². The molecule has 6 nitrogen and oxygen atoms in total. The van der Waals surface area contributed by atoms with Gasteiger partial charge in [-0.25, -0.2) is 4.98 Å². The van der Waals surface area contributed by atoms with E-state index in [4.69, 9.17) is 9.47 Å². The minimum Gasteiger partial charge on any atom is -0.497 e. The van der Waals surface area contributed by atoms with Crippen molar-refractivity contribution in [1.82, 2.24) is 20.2 Å². The molecule has 1 aromatic carbocycles. The molecule has 0 atom stereocenters. The van der Waals surface area contributed by atoms with Gasteiger partial charge in [-0.1, -0.05) is 12.7 Å². The Bertz CT molecular complexity index is 921. The van der Waals surface area contributed by atoms with Gasteiger partial charge in [0.05, 0.1) is 31.3 Å². The van der Waals surface area contributed by atoms with Crippen molar-refractivity contribution >= 4 is 12.2 Å². The van der Waals surface area contributed by atoms with Crippen LogP contribution in [-0.4, -0.2) is 34.4 Å². The smallest absolute Gasteiger partial charge is 0.156 e. The van der Waals surface area contributed by atoms with Crippen molar-refractivity contribution in [1.29, 1.82) is 0 Å². The molecule has 0 amide bonds. The minimum absolute atomic E-state index is 0.693. The molecule has 0 spiro atoms. The molecule has 0 saturated heterocycles. The molecule has 0 radical (unpaired) electrons. The molecule has 0 aliphatic heterocycles. The van der Waals surface area contributed by atoms with E-state index >= 15 is 0 Å². The van der Waals surface area contributed by atoms with E-state index in [0.717, 1.165) is 34.1 Å². The van der Waals surface area contributed by atoms with E-state index in [9.17, 15) is 0 Å². The van der Waals surface area contributed by atoms with Crippen molar-refractivity contribution in [3.63, 3.8) is 0 Å². The molecule has 25 heavy (non-hydrogen) atoms. The normalized spacial score (nSPS) is 11.0. The first kappa shape index (κ1) is 16.6. The second kappa shape index (κ2) is 7.09. The third-order valence-electron chi connectivity index (χ3n) is 3.81. The molecule has 0 bridgehead atoms. The summed E-state index contributed by atoms with van der Waals surface area (Å²) in [6.45, 7) is 5.76. The molecule has 0 fully saturated rings. The molecule has 3 rings (SSSR count). The molecule has 6 heteroatoms. The molecular formula is C19H20N4O2. The summed E-state index contributed by atoms with van der Waals surface area (Å²) in [6.07, 6.45) is 5.62. The number of hydrogen-bond donors (Lipinski definition) is 2. The second-order valence-corrected chi connectivity index (χ2v) is 5.32. The number of hydrogen-bond acceptors (Lipinski definition) is 4. The summed E-state index contributed by atoms with van der Waals surface area (Å²) < 4.78 is 10.7. The Balaban J connectivity index is 2.00. The summed E-state index contributed by atoms with van der Waals surface area (Å²) in [6, 6.07) is 7.55. The Morgan fingerprint density at radius 2 is 2.00 bits per heavy atom. The SMILES string of the molecule is C=Cc1[nH]c(-c2cc(-c3ccc(OC)cc3OC)n[nH]2)nc1/C=C\C. The van der Waals surface area contributed by atoms with E-state index in [2.05, 4.69) is 26.7 Å². The number of aromatic amines is 2. The highest BCUT2D eigenvalue weighted by molar-refractivity contribution is 5.72. The zero-order chi connectivity index (χ0) is 17.8. The summed E-state index contributed by atoms with van der Waals surface area (Å²) in [4.78, 5) is 7.82. The second-order valence-electron chi connectivity index (χ2n) is 5.32. The number of imidazole rings is 1. The average Bonchev–Trinajstić information content (AvgIpc) is 3.28. The zero-order valence-electron chi connectivity index (χ0n) is 14.5. The molecule has 0 aliphatic rings. The molecule has 128 valence electrons. The molecule has 2 N–H and O–H groups in total. The highest BCUT2D eigenvalue weighted by Gasteiger charge is 2.14. The molecule has 0 unspecified atom stereocenters. The highest BCUT2D eigenvalue weighted by Crippen LogP contribution is 2.33. The summed E-state index contributed by atoms with van der Waals surface area (Å²) in [7, 11) is 3.25. The summed E-state index contributed by atoms with van der Waals surface area (Å²) >= 11 is 0. The van der Waals surface area contributed by atoms with Crippen LogP contribution in [0.2, 0.25) is 0 Å². The van der Waals surface area contributed by atoms with E-state index in [0.29, 0.717) is 11.6 Å². The molecule has 0 saturated carbocycles. The number of nitrogens with zero attached hydrogens (tertiary/aromatic N) is 2. The maximum Gasteiger partial charge on any atom is 0.156 e. The van der Waals surface area contributed by atoms with Crippen LogP contribution in [0.5, 0.6) is 11.5 Å². The Morgan fingerprint density at radius 3 is 2.68 bits per heavy atom. The first-order chi connectivity index (χ1) is 12.2. The Labute approximate surface area is 146 Å². The number of rotatable bonds is 6. The number of aromatic nitrogens is 4. The van der Waals surface area contributed by atoms with Gasteiger partial charge < -0.3 is 14.5 Å². The van der Waals surface area contributed by atoms with Gasteiger partial charge in [0.2, 0.25) is 0 Å². The van der Waals surface area contributed by atoms with E-state index in [1.165, 1.54) is 0 Å². The van der Waals surface area contributed by atoms with Crippen LogP contribution in [0.4, 0.5) is 0 Å². The standard InChI is InChI=1S/C19H20N4O2/c1-5-7-15-14(6-2)20-19(21-15)17-11-16(22-23-17)13-9-8-12(24-3)10-18(13)25-4/h5-11H,2H2,1,3-4H3,(H,20,21)(H,22,23)/b7-5-. The Morgan fingerprint density at radius 1 is 1.16 bits per heavy atom. The zero-order valence-corrected chi connectivity index (χ0v) is 14.5. The summed E-state index contributed by atoms with van der Waals surface area (Å²) in [5.74, 6) is 2.13. The largest absolute Gasteiger partial charge is 0.497 e. The lowest BCUT2D eigenvalue weighted by molar-refractivity contribution is 0.395. The monoisotopic (exact) mass is 336 g/mol. The minimum atomic E-state index is 0.693. The van der Waals surface area contributed by atoms with Crippen LogP contribution in [0.15, 0.2) is 36.9 Å². The quantitative estimate of drug-likeness (QED) is 0.709. The van der Waals surface area contributed by atoms with E-state index in [-0.39, 0.29) is 0 Å². The molecule has 2 aromatic heterocycles. The van der Waals surface area contributed by atoms with Gasteiger partial charge in [0.1, 0.15) is 17.2 Å². The fraction of sp³-hybridized carbons (Fsp3) is 0.158. The first-order valence-corrected chi connectivity index (χ1v) is 7.83. The molecule has 2 heterocycles. The number of H-pyrrole nitrogens is 2. The lowest BCUT2D eigenvalue weighted by Crippen LogP contribution is -1.90. The molecule has 3 aromatic rings. The van der Waals surface area contributed by atoms with Crippen LogP contribution in [0.25, 0.3) is 34.9 Å². The van der Waals surface area contributed by atoms with Gasteiger partial charge in [0.15, 0.2) is 5.82 Å². The third-order valence-corrected chi connectivity index (χ3v) is 3.81. The molecule has 0 aliphatic carbocycles. The van der Waals surface area contributed by atoms with Crippen molar-refractivity contribution in [2.24, 2.45) is 0 Å². The van der Waals surface area contributed by atoms with Crippen LogP contribution >= 0.6 is 0 Å². The predicted octanol–water partition coefficient (Wildman–Crippen LogP) is 4.16. The third kappa shape index (κ3) is 3.19. The van der Waals surface area contributed by atoms with Crippen molar-refractivity contribution < 1.29 is 9.47 Å². The van der Waals surface area contributed by atoms with Crippen LogP contribution in [0.3, 0.4) is 0 Å².